The molecule has 0 saturated carbocycles. The van der Waals surface area contributed by atoms with Crippen molar-refractivity contribution < 1.29 is 4.79 Å². The van der Waals surface area contributed by atoms with Crippen LogP contribution in [-0.2, 0) is 4.79 Å². The molecule has 0 rings (SSSR count). The highest BCUT2D eigenvalue weighted by Gasteiger charge is 1.83. The minimum absolute atomic E-state index is 0.440. The summed E-state index contributed by atoms with van der Waals surface area (Å²) in [4.78, 5) is 9.98. The first-order valence-electron chi connectivity index (χ1n) is 3.71. The molecule has 0 atom stereocenters. The minimum Gasteiger partial charge on any atom is -0.389 e. The van der Waals surface area contributed by atoms with Gasteiger partial charge in [0.15, 0.2) is 0 Å². The first-order chi connectivity index (χ1) is 5.16. The molecule has 0 fully saturated rings. The summed E-state index contributed by atoms with van der Waals surface area (Å²) in [7, 11) is 0. The maximum Gasteiger partial charge on any atom is 0.143 e. The first kappa shape index (κ1) is 9.95. The summed E-state index contributed by atoms with van der Waals surface area (Å²) < 4.78 is 0. The molecule has 0 aromatic carbocycles. The number of hydrogen-bond donors (Lipinski definition) is 1. The van der Waals surface area contributed by atoms with Gasteiger partial charge in [-0.1, -0.05) is 0 Å². The van der Waals surface area contributed by atoms with Crippen LogP contribution in [0.2, 0.25) is 0 Å². The van der Waals surface area contributed by atoms with E-state index in [2.05, 4.69) is 19.2 Å². The molecule has 62 valence electrons. The quantitative estimate of drug-likeness (QED) is 0.378. The Morgan fingerprint density at radius 3 is 2.55 bits per heavy atom. The molecule has 11 heavy (non-hydrogen) atoms. The Balaban J connectivity index is 3.73. The van der Waals surface area contributed by atoms with Crippen molar-refractivity contribution in [2.24, 2.45) is 0 Å². The number of aldehydes is 1. The van der Waals surface area contributed by atoms with E-state index in [1.54, 1.807) is 0 Å². The van der Waals surface area contributed by atoms with E-state index in [1.165, 1.54) is 6.08 Å². The number of hydrogen-bond acceptors (Lipinski definition) is 2. The summed E-state index contributed by atoms with van der Waals surface area (Å²) in [6.45, 7) is 6.00. The second-order valence-electron chi connectivity index (χ2n) is 2.70. The van der Waals surface area contributed by atoms with Gasteiger partial charge in [-0.3, -0.25) is 4.79 Å². The number of carbonyl (C=O) groups excluding carboxylic acids is 1. The molecule has 0 bridgehead atoms. The van der Waals surface area contributed by atoms with E-state index < -0.39 is 0 Å². The van der Waals surface area contributed by atoms with Crippen molar-refractivity contribution in [2.45, 2.75) is 26.8 Å². The molecule has 0 amide bonds. The standard InChI is InChI=1S/C9H15NO/c1-8(2)10-6-4-9(3)5-7-11/h4-8,10H,1-3H3/b6-4-,9-5-. The van der Waals surface area contributed by atoms with Crippen molar-refractivity contribution in [3.8, 4) is 0 Å². The van der Waals surface area contributed by atoms with E-state index in [-0.39, 0.29) is 0 Å². The van der Waals surface area contributed by atoms with Gasteiger partial charge in [0, 0.05) is 6.04 Å². The van der Waals surface area contributed by atoms with Crippen LogP contribution < -0.4 is 5.32 Å². The molecule has 2 nitrogen and oxygen atoms in total. The fraction of sp³-hybridized carbons (Fsp3) is 0.444. The van der Waals surface area contributed by atoms with Crippen LogP contribution in [0.5, 0.6) is 0 Å². The second-order valence-corrected chi connectivity index (χ2v) is 2.70. The summed E-state index contributed by atoms with van der Waals surface area (Å²) in [5.74, 6) is 0. The van der Waals surface area contributed by atoms with Crippen LogP contribution in [0.1, 0.15) is 20.8 Å². The average Bonchev–Trinajstić information content (AvgIpc) is 1.87. The third kappa shape index (κ3) is 6.84. The Morgan fingerprint density at radius 1 is 1.45 bits per heavy atom. The van der Waals surface area contributed by atoms with Gasteiger partial charge in [-0.25, -0.2) is 0 Å². The summed E-state index contributed by atoms with van der Waals surface area (Å²) in [6, 6.07) is 0.440. The summed E-state index contributed by atoms with van der Waals surface area (Å²) in [5.41, 5.74) is 0.952. The minimum atomic E-state index is 0.440. The predicted octanol–water partition coefficient (Wildman–Crippen LogP) is 1.64. The number of allylic oxidation sites excluding steroid dienone is 3. The maximum atomic E-state index is 9.98. The molecule has 0 spiro atoms. The fourth-order valence-corrected chi connectivity index (χ4v) is 0.535. The Morgan fingerprint density at radius 2 is 2.09 bits per heavy atom. The molecule has 0 unspecified atom stereocenters. The lowest BCUT2D eigenvalue weighted by Crippen LogP contribution is -2.15. The zero-order valence-corrected chi connectivity index (χ0v) is 7.29. The van der Waals surface area contributed by atoms with Crippen molar-refractivity contribution in [1.29, 1.82) is 0 Å². The van der Waals surface area contributed by atoms with Gasteiger partial charge in [-0.05, 0) is 44.7 Å². The molecule has 0 aliphatic rings. The van der Waals surface area contributed by atoms with Crippen molar-refractivity contribution in [3.63, 3.8) is 0 Å². The number of nitrogens with one attached hydrogen (secondary N) is 1. The topological polar surface area (TPSA) is 29.1 Å². The molecule has 0 aliphatic heterocycles. The molecule has 0 aromatic heterocycles. The van der Waals surface area contributed by atoms with Crippen molar-refractivity contribution in [1.82, 2.24) is 5.32 Å². The first-order valence-corrected chi connectivity index (χ1v) is 3.71. The van der Waals surface area contributed by atoms with Gasteiger partial charge >= 0.3 is 0 Å². The van der Waals surface area contributed by atoms with E-state index in [0.29, 0.717) is 6.04 Å². The third-order valence-corrected chi connectivity index (χ3v) is 1.11. The molecule has 0 aromatic rings. The third-order valence-electron chi connectivity index (χ3n) is 1.11. The lowest BCUT2D eigenvalue weighted by molar-refractivity contribution is -0.104. The maximum absolute atomic E-state index is 9.98. The van der Waals surface area contributed by atoms with Gasteiger partial charge in [0.2, 0.25) is 0 Å². The molecule has 0 heterocycles. The molecule has 2 heteroatoms. The Labute approximate surface area is 68.0 Å². The molecule has 0 saturated heterocycles. The lowest BCUT2D eigenvalue weighted by atomic mass is 10.3. The van der Waals surface area contributed by atoms with Gasteiger partial charge in [0.1, 0.15) is 6.29 Å². The van der Waals surface area contributed by atoms with E-state index in [4.69, 9.17) is 0 Å². The molecular formula is C9H15NO. The monoisotopic (exact) mass is 153 g/mol. The highest BCUT2D eigenvalue weighted by molar-refractivity contribution is 5.66. The number of rotatable bonds is 4. The van der Waals surface area contributed by atoms with Crippen LogP contribution in [-0.4, -0.2) is 12.3 Å². The van der Waals surface area contributed by atoms with Crippen LogP contribution in [0.15, 0.2) is 23.9 Å². The van der Waals surface area contributed by atoms with Crippen molar-refractivity contribution in [2.75, 3.05) is 0 Å². The van der Waals surface area contributed by atoms with Crippen LogP contribution in [0.25, 0.3) is 0 Å². The fourth-order valence-electron chi connectivity index (χ4n) is 0.535. The largest absolute Gasteiger partial charge is 0.389 e. The van der Waals surface area contributed by atoms with Gasteiger partial charge in [-0.15, -0.1) is 0 Å². The Hall–Kier alpha value is -1.05. The van der Waals surface area contributed by atoms with Crippen molar-refractivity contribution >= 4 is 6.29 Å². The Bertz CT molecular complexity index is 168. The molecule has 0 radical (unpaired) electrons. The molecular weight excluding hydrogens is 138 g/mol. The van der Waals surface area contributed by atoms with Gasteiger partial charge < -0.3 is 5.32 Å². The van der Waals surface area contributed by atoms with Crippen molar-refractivity contribution in [3.05, 3.63) is 23.9 Å². The SMILES string of the molecule is CC(/C=C\NC(C)C)=C/C=O. The molecule has 1 N–H and O–H groups in total. The Kier molecular flexibility index (Phi) is 5.17. The highest BCUT2D eigenvalue weighted by Crippen LogP contribution is 1.91. The average molecular weight is 153 g/mol. The zero-order valence-electron chi connectivity index (χ0n) is 7.29. The van der Waals surface area contributed by atoms with Gasteiger partial charge in [0.05, 0.1) is 0 Å². The smallest absolute Gasteiger partial charge is 0.143 e. The summed E-state index contributed by atoms with van der Waals surface area (Å²) in [5, 5.41) is 3.10. The highest BCUT2D eigenvalue weighted by atomic mass is 16.1. The normalized spacial score (nSPS) is 12.5. The van der Waals surface area contributed by atoms with E-state index in [9.17, 15) is 4.79 Å². The summed E-state index contributed by atoms with van der Waals surface area (Å²) >= 11 is 0. The predicted molar refractivity (Wildman–Crippen MR) is 47.2 cm³/mol. The lowest BCUT2D eigenvalue weighted by Gasteiger charge is -2.01. The van der Waals surface area contributed by atoms with Crippen LogP contribution in [0.4, 0.5) is 0 Å². The van der Waals surface area contributed by atoms with E-state index in [1.807, 2.05) is 19.2 Å². The van der Waals surface area contributed by atoms with Crippen LogP contribution >= 0.6 is 0 Å². The molecule has 0 aliphatic carbocycles. The van der Waals surface area contributed by atoms with E-state index in [0.717, 1.165) is 11.9 Å². The second kappa shape index (κ2) is 5.71. The van der Waals surface area contributed by atoms with Gasteiger partial charge in [0.25, 0.3) is 0 Å². The number of carbonyl (C=O) groups is 1. The van der Waals surface area contributed by atoms with E-state index >= 15 is 0 Å². The zero-order chi connectivity index (χ0) is 8.69. The van der Waals surface area contributed by atoms with Crippen LogP contribution in [0.3, 0.4) is 0 Å². The summed E-state index contributed by atoms with van der Waals surface area (Å²) in [6.07, 6.45) is 6.03. The van der Waals surface area contributed by atoms with Gasteiger partial charge in [-0.2, -0.15) is 0 Å². The van der Waals surface area contributed by atoms with Crippen LogP contribution in [0, 0.1) is 0 Å².